The summed E-state index contributed by atoms with van der Waals surface area (Å²) in [5.74, 6) is 0.716. The van der Waals surface area contributed by atoms with Crippen molar-refractivity contribution >= 4 is 29.9 Å². The molecule has 0 unspecified atom stereocenters. The van der Waals surface area contributed by atoms with Gasteiger partial charge in [-0.05, 0) is 42.8 Å². The Labute approximate surface area is 179 Å². The van der Waals surface area contributed by atoms with E-state index in [2.05, 4.69) is 20.4 Å². The van der Waals surface area contributed by atoms with Gasteiger partial charge in [0.2, 0.25) is 0 Å². The van der Waals surface area contributed by atoms with Crippen LogP contribution < -0.4 is 20.1 Å². The first-order chi connectivity index (χ1) is 13.0. The van der Waals surface area contributed by atoms with Crippen molar-refractivity contribution in [1.29, 1.82) is 0 Å². The van der Waals surface area contributed by atoms with E-state index in [-0.39, 0.29) is 48.6 Å². The molecular weight excluding hydrogens is 486 g/mol. The number of methoxy groups -OCH3 is 1. The second-order valence-corrected chi connectivity index (χ2v) is 5.53. The second-order valence-electron chi connectivity index (χ2n) is 5.53. The minimum atomic E-state index is -2.92. The van der Waals surface area contributed by atoms with Crippen LogP contribution in [0.1, 0.15) is 18.1 Å². The lowest BCUT2D eigenvalue weighted by atomic mass is 10.2. The largest absolute Gasteiger partial charge is 0.497 e. The number of hydrogen-bond acceptors (Lipinski definition) is 3. The SMILES string of the molecule is CCNC(=NCc1cccc(F)c1)NCc1cc(OC)ccc1OC(F)F.I. The van der Waals surface area contributed by atoms with Gasteiger partial charge in [0.05, 0.1) is 13.7 Å². The van der Waals surface area contributed by atoms with Gasteiger partial charge in [0.15, 0.2) is 5.96 Å². The van der Waals surface area contributed by atoms with Gasteiger partial charge in [-0.1, -0.05) is 12.1 Å². The Balaban J connectivity index is 0.00000392. The van der Waals surface area contributed by atoms with E-state index in [4.69, 9.17) is 4.74 Å². The highest BCUT2D eigenvalue weighted by Crippen LogP contribution is 2.25. The summed E-state index contributed by atoms with van der Waals surface area (Å²) in [6.45, 7) is 0.0378. The smallest absolute Gasteiger partial charge is 0.387 e. The fraction of sp³-hybridized carbons (Fsp3) is 0.316. The summed E-state index contributed by atoms with van der Waals surface area (Å²) in [7, 11) is 1.49. The van der Waals surface area contributed by atoms with Crippen LogP contribution >= 0.6 is 24.0 Å². The summed E-state index contributed by atoms with van der Waals surface area (Å²) in [4.78, 5) is 4.38. The second kappa shape index (κ2) is 12.3. The van der Waals surface area contributed by atoms with Crippen molar-refractivity contribution in [3.63, 3.8) is 0 Å². The fourth-order valence-electron chi connectivity index (χ4n) is 2.36. The minimum Gasteiger partial charge on any atom is -0.497 e. The highest BCUT2D eigenvalue weighted by atomic mass is 127. The lowest BCUT2D eigenvalue weighted by Gasteiger charge is -2.15. The molecule has 9 heteroatoms. The van der Waals surface area contributed by atoms with Gasteiger partial charge >= 0.3 is 6.61 Å². The molecule has 0 aliphatic carbocycles. The third kappa shape index (κ3) is 7.83. The molecule has 154 valence electrons. The van der Waals surface area contributed by atoms with E-state index in [1.807, 2.05) is 6.92 Å². The summed E-state index contributed by atoms with van der Waals surface area (Å²) in [5.41, 5.74) is 1.21. The number of guanidine groups is 1. The van der Waals surface area contributed by atoms with Gasteiger partial charge in [0.25, 0.3) is 0 Å². The maximum Gasteiger partial charge on any atom is 0.387 e. The third-order valence-electron chi connectivity index (χ3n) is 3.58. The highest BCUT2D eigenvalue weighted by Gasteiger charge is 2.11. The van der Waals surface area contributed by atoms with Crippen LogP contribution in [0.2, 0.25) is 0 Å². The van der Waals surface area contributed by atoms with E-state index in [0.717, 1.165) is 5.56 Å². The van der Waals surface area contributed by atoms with E-state index in [1.54, 1.807) is 24.3 Å². The normalized spacial score (nSPS) is 11.0. The zero-order valence-electron chi connectivity index (χ0n) is 15.5. The van der Waals surface area contributed by atoms with Crippen molar-refractivity contribution in [2.45, 2.75) is 26.6 Å². The van der Waals surface area contributed by atoms with Crippen molar-refractivity contribution in [3.05, 3.63) is 59.4 Å². The number of hydrogen-bond donors (Lipinski definition) is 2. The predicted octanol–water partition coefficient (Wildman–Crippen LogP) is 4.31. The maximum atomic E-state index is 13.3. The van der Waals surface area contributed by atoms with Crippen molar-refractivity contribution < 1.29 is 22.6 Å². The van der Waals surface area contributed by atoms with E-state index in [9.17, 15) is 13.2 Å². The first-order valence-electron chi connectivity index (χ1n) is 8.40. The van der Waals surface area contributed by atoms with Crippen molar-refractivity contribution in [2.24, 2.45) is 4.99 Å². The van der Waals surface area contributed by atoms with Crippen LogP contribution in [0.15, 0.2) is 47.5 Å². The number of halogens is 4. The van der Waals surface area contributed by atoms with Crippen LogP contribution in [-0.2, 0) is 13.1 Å². The van der Waals surface area contributed by atoms with Crippen LogP contribution in [-0.4, -0.2) is 26.2 Å². The Bertz CT molecular complexity index is 776. The average Bonchev–Trinajstić information content (AvgIpc) is 2.64. The van der Waals surface area contributed by atoms with Gasteiger partial charge in [-0.25, -0.2) is 9.38 Å². The number of benzene rings is 2. The van der Waals surface area contributed by atoms with Crippen molar-refractivity contribution in [1.82, 2.24) is 10.6 Å². The molecule has 0 radical (unpaired) electrons. The molecule has 2 aromatic carbocycles. The molecule has 0 saturated heterocycles. The molecule has 0 spiro atoms. The summed E-state index contributed by atoms with van der Waals surface area (Å²) in [6, 6.07) is 10.7. The first-order valence-corrected chi connectivity index (χ1v) is 8.40. The number of nitrogens with one attached hydrogen (secondary N) is 2. The average molecular weight is 509 g/mol. The molecule has 28 heavy (non-hydrogen) atoms. The van der Waals surface area contributed by atoms with Gasteiger partial charge < -0.3 is 20.1 Å². The van der Waals surface area contributed by atoms with Crippen LogP contribution in [0, 0.1) is 5.82 Å². The van der Waals surface area contributed by atoms with Crippen LogP contribution in [0.4, 0.5) is 13.2 Å². The molecule has 2 aromatic rings. The summed E-state index contributed by atoms with van der Waals surface area (Å²) >= 11 is 0. The van der Waals surface area contributed by atoms with E-state index >= 15 is 0 Å². The number of aliphatic imine (C=N–C) groups is 1. The Morgan fingerprint density at radius 3 is 2.57 bits per heavy atom. The third-order valence-corrected chi connectivity index (χ3v) is 3.58. The summed E-state index contributed by atoms with van der Waals surface area (Å²) in [5, 5.41) is 6.10. The first kappa shape index (κ1) is 23.9. The van der Waals surface area contributed by atoms with Crippen molar-refractivity contribution in [3.8, 4) is 11.5 Å². The lowest BCUT2D eigenvalue weighted by Crippen LogP contribution is -2.36. The molecule has 5 nitrogen and oxygen atoms in total. The highest BCUT2D eigenvalue weighted by molar-refractivity contribution is 14.0. The lowest BCUT2D eigenvalue weighted by molar-refractivity contribution is -0.0504. The molecule has 0 aliphatic heterocycles. The molecular formula is C19H23F3IN3O2. The van der Waals surface area contributed by atoms with Gasteiger partial charge in [-0.15, -0.1) is 24.0 Å². The molecule has 0 saturated carbocycles. The van der Waals surface area contributed by atoms with Crippen LogP contribution in [0.3, 0.4) is 0 Å². The van der Waals surface area contributed by atoms with Gasteiger partial charge in [-0.2, -0.15) is 8.78 Å². The molecule has 0 amide bonds. The molecule has 0 bridgehead atoms. The monoisotopic (exact) mass is 509 g/mol. The molecule has 0 fully saturated rings. The van der Waals surface area contributed by atoms with Crippen molar-refractivity contribution in [2.75, 3.05) is 13.7 Å². The molecule has 0 aromatic heterocycles. The molecule has 0 atom stereocenters. The van der Waals surface area contributed by atoms with Gasteiger partial charge in [0, 0.05) is 18.7 Å². The molecule has 2 N–H and O–H groups in total. The Morgan fingerprint density at radius 2 is 1.93 bits per heavy atom. The zero-order valence-corrected chi connectivity index (χ0v) is 17.9. The van der Waals surface area contributed by atoms with Gasteiger partial charge in [0.1, 0.15) is 17.3 Å². The standard InChI is InChI=1S/C19H22F3N3O2.HI/c1-3-23-19(24-11-13-5-4-6-15(20)9-13)25-12-14-10-16(26-2)7-8-17(14)27-18(21)22;/h4-10,18H,3,11-12H2,1-2H3,(H2,23,24,25);1H. The van der Waals surface area contributed by atoms with Gasteiger partial charge in [-0.3, -0.25) is 0 Å². The molecule has 0 heterocycles. The maximum absolute atomic E-state index is 13.3. The predicted molar refractivity (Wildman–Crippen MR) is 113 cm³/mol. The van der Waals surface area contributed by atoms with Crippen LogP contribution in [0.5, 0.6) is 11.5 Å². The number of rotatable bonds is 8. The Morgan fingerprint density at radius 1 is 1.14 bits per heavy atom. The Hall–Kier alpha value is -2.17. The number of ether oxygens (including phenoxy) is 2. The van der Waals surface area contributed by atoms with E-state index in [1.165, 1.54) is 25.3 Å². The van der Waals surface area contributed by atoms with E-state index < -0.39 is 6.61 Å². The number of nitrogens with zero attached hydrogens (tertiary/aromatic N) is 1. The minimum absolute atomic E-state index is 0. The topological polar surface area (TPSA) is 54.9 Å². The summed E-state index contributed by atoms with van der Waals surface area (Å²) in [6.07, 6.45) is 0. The molecule has 2 rings (SSSR count). The zero-order chi connectivity index (χ0) is 19.6. The fourth-order valence-corrected chi connectivity index (χ4v) is 2.36. The molecule has 0 aliphatic rings. The van der Waals surface area contributed by atoms with Crippen LogP contribution in [0.25, 0.3) is 0 Å². The Kier molecular flexibility index (Phi) is 10.5. The summed E-state index contributed by atoms with van der Waals surface area (Å²) < 4.78 is 48.2. The van der Waals surface area contributed by atoms with E-state index in [0.29, 0.717) is 23.8 Å². The number of alkyl halides is 2. The quantitative estimate of drug-likeness (QED) is 0.317.